The first-order valence-electron chi connectivity index (χ1n) is 5.04. The van der Waals surface area contributed by atoms with Gasteiger partial charge >= 0.3 is 0 Å². The summed E-state index contributed by atoms with van der Waals surface area (Å²) in [6.07, 6.45) is 1.78. The lowest BCUT2D eigenvalue weighted by molar-refractivity contribution is -0.138. The number of nitrogens with one attached hydrogen (secondary N) is 1. The largest absolute Gasteiger partial charge is 0.462 e. The van der Waals surface area contributed by atoms with Crippen LogP contribution in [0.4, 0.5) is 0 Å². The molecule has 1 rings (SSSR count). The van der Waals surface area contributed by atoms with Gasteiger partial charge in [-0.3, -0.25) is 4.79 Å². The fourth-order valence-electron chi connectivity index (χ4n) is 0.975. The van der Waals surface area contributed by atoms with Crippen molar-refractivity contribution in [1.29, 1.82) is 0 Å². The first-order chi connectivity index (χ1) is 6.99. The minimum Gasteiger partial charge on any atom is -0.462 e. The Morgan fingerprint density at radius 2 is 1.87 bits per heavy atom. The van der Waals surface area contributed by atoms with E-state index < -0.39 is 0 Å². The molecule has 0 aromatic carbocycles. The summed E-state index contributed by atoms with van der Waals surface area (Å²) in [6, 6.07) is 0. The van der Waals surface area contributed by atoms with E-state index in [4.69, 9.17) is 0 Å². The van der Waals surface area contributed by atoms with Crippen LogP contribution in [0.1, 0.15) is 33.6 Å². The molecule has 15 heavy (non-hydrogen) atoms. The summed E-state index contributed by atoms with van der Waals surface area (Å²) in [5.41, 5.74) is 0.616. The minimum atomic E-state index is -0.318. The Balaban J connectivity index is 0.000000265. The molecule has 0 atom stereocenters. The van der Waals surface area contributed by atoms with Crippen molar-refractivity contribution in [1.82, 2.24) is 5.32 Å². The lowest BCUT2D eigenvalue weighted by Gasteiger charge is -2.14. The SMILES string of the molecule is CC(C)(C)OC=O.O=C=C1CCNCC1. The smallest absolute Gasteiger partial charge is 0.293 e. The highest BCUT2D eigenvalue weighted by molar-refractivity contribution is 5.52. The first-order valence-corrected chi connectivity index (χ1v) is 5.04. The molecule has 0 aromatic heterocycles. The van der Waals surface area contributed by atoms with Crippen molar-refractivity contribution in [2.75, 3.05) is 13.1 Å². The van der Waals surface area contributed by atoms with Gasteiger partial charge in [0.15, 0.2) is 0 Å². The summed E-state index contributed by atoms with van der Waals surface area (Å²) in [5, 5.41) is 3.15. The summed E-state index contributed by atoms with van der Waals surface area (Å²) in [4.78, 5) is 19.6. The van der Waals surface area contributed by atoms with E-state index in [0.717, 1.165) is 31.5 Å². The van der Waals surface area contributed by atoms with Crippen LogP contribution in [0.15, 0.2) is 5.57 Å². The van der Waals surface area contributed by atoms with Crippen molar-refractivity contribution in [3.05, 3.63) is 5.57 Å². The average molecular weight is 213 g/mol. The maximum atomic E-state index is 9.97. The fourth-order valence-corrected chi connectivity index (χ4v) is 0.975. The normalized spacial score (nSPS) is 15.8. The lowest BCUT2D eigenvalue weighted by Crippen LogP contribution is -2.23. The summed E-state index contributed by atoms with van der Waals surface area (Å²) in [6.45, 7) is 7.82. The van der Waals surface area contributed by atoms with E-state index >= 15 is 0 Å². The van der Waals surface area contributed by atoms with E-state index in [1.165, 1.54) is 0 Å². The van der Waals surface area contributed by atoms with Crippen molar-refractivity contribution < 1.29 is 14.3 Å². The number of hydrogen-bond donors (Lipinski definition) is 1. The van der Waals surface area contributed by atoms with Crippen LogP contribution in [-0.4, -0.2) is 31.1 Å². The van der Waals surface area contributed by atoms with Crippen LogP contribution < -0.4 is 5.32 Å². The molecule has 1 heterocycles. The highest BCUT2D eigenvalue weighted by Gasteiger charge is 2.07. The Kier molecular flexibility index (Phi) is 6.67. The molecule has 1 aliphatic heterocycles. The van der Waals surface area contributed by atoms with Crippen LogP contribution in [0.5, 0.6) is 0 Å². The Hall–Kier alpha value is -1.12. The van der Waals surface area contributed by atoms with Crippen molar-refractivity contribution in [3.8, 4) is 0 Å². The van der Waals surface area contributed by atoms with E-state index in [1.54, 1.807) is 0 Å². The van der Waals surface area contributed by atoms with Crippen LogP contribution in [0, 0.1) is 0 Å². The van der Waals surface area contributed by atoms with Crippen molar-refractivity contribution in [2.24, 2.45) is 0 Å². The predicted octanol–water partition coefficient (Wildman–Crippen LogP) is 1.09. The molecule has 4 nitrogen and oxygen atoms in total. The van der Waals surface area contributed by atoms with E-state index in [-0.39, 0.29) is 5.60 Å². The Bertz CT molecular complexity index is 229. The number of ether oxygens (including phenoxy) is 1. The summed E-state index contributed by atoms with van der Waals surface area (Å²) in [5.74, 6) is 1.93. The van der Waals surface area contributed by atoms with Gasteiger partial charge in [0, 0.05) is 5.57 Å². The van der Waals surface area contributed by atoms with Crippen LogP contribution in [0.25, 0.3) is 0 Å². The van der Waals surface area contributed by atoms with Crippen molar-refractivity contribution in [2.45, 2.75) is 39.2 Å². The van der Waals surface area contributed by atoms with Crippen molar-refractivity contribution >= 4 is 12.4 Å². The summed E-state index contributed by atoms with van der Waals surface area (Å²) >= 11 is 0. The van der Waals surface area contributed by atoms with Crippen LogP contribution >= 0.6 is 0 Å². The molecule has 0 aliphatic carbocycles. The molecule has 0 unspecified atom stereocenters. The number of hydrogen-bond acceptors (Lipinski definition) is 4. The fraction of sp³-hybridized carbons (Fsp3) is 0.727. The summed E-state index contributed by atoms with van der Waals surface area (Å²) < 4.78 is 4.55. The second-order valence-corrected chi connectivity index (χ2v) is 4.28. The zero-order valence-electron chi connectivity index (χ0n) is 9.63. The standard InChI is InChI=1S/C6H9NO.C5H10O2/c8-5-6-1-3-7-4-2-6;1-5(2,3)7-4-6/h7H,1-4H2;4H,1-3H3. The highest BCUT2D eigenvalue weighted by atomic mass is 16.5. The average Bonchev–Trinajstić information content (AvgIpc) is 2.18. The monoisotopic (exact) mass is 213 g/mol. The van der Waals surface area contributed by atoms with Crippen molar-refractivity contribution in [3.63, 3.8) is 0 Å². The number of carbonyl (C=O) groups is 1. The number of carbonyl (C=O) groups excluding carboxylic acids is 2. The second kappa shape index (κ2) is 7.21. The zero-order chi connectivity index (χ0) is 11.7. The van der Waals surface area contributed by atoms with E-state index in [9.17, 15) is 9.59 Å². The van der Waals surface area contributed by atoms with E-state index in [2.05, 4.69) is 10.1 Å². The molecule has 0 spiro atoms. The molecule has 1 fully saturated rings. The van der Waals surface area contributed by atoms with Gasteiger partial charge in [-0.1, -0.05) is 0 Å². The Morgan fingerprint density at radius 1 is 1.33 bits per heavy atom. The molecular formula is C11H19NO3. The number of rotatable bonds is 1. The van der Waals surface area contributed by atoms with Crippen LogP contribution in [0.2, 0.25) is 0 Å². The van der Waals surface area contributed by atoms with E-state index in [1.807, 2.05) is 26.7 Å². The number of piperidine rings is 1. The van der Waals surface area contributed by atoms with Gasteiger partial charge in [0.1, 0.15) is 11.5 Å². The van der Waals surface area contributed by atoms with E-state index in [0.29, 0.717) is 6.47 Å². The molecule has 0 radical (unpaired) electrons. The second-order valence-electron chi connectivity index (χ2n) is 4.28. The van der Waals surface area contributed by atoms with Gasteiger partial charge in [-0.25, -0.2) is 4.79 Å². The maximum absolute atomic E-state index is 9.97. The molecule has 4 heteroatoms. The Labute approximate surface area is 90.7 Å². The third-order valence-electron chi connectivity index (χ3n) is 1.75. The van der Waals surface area contributed by atoms with Gasteiger partial charge < -0.3 is 10.1 Å². The third-order valence-corrected chi connectivity index (χ3v) is 1.75. The van der Waals surface area contributed by atoms with Crippen LogP contribution in [-0.2, 0) is 14.3 Å². The molecule has 0 saturated carbocycles. The molecule has 0 aromatic rings. The highest BCUT2D eigenvalue weighted by Crippen LogP contribution is 2.04. The van der Waals surface area contributed by atoms with Gasteiger partial charge in [-0.15, -0.1) is 0 Å². The van der Waals surface area contributed by atoms with Gasteiger partial charge in [0.2, 0.25) is 0 Å². The van der Waals surface area contributed by atoms with Gasteiger partial charge in [-0.2, -0.15) is 0 Å². The molecule has 1 aliphatic rings. The quantitative estimate of drug-likeness (QED) is 0.523. The molecule has 86 valence electrons. The van der Waals surface area contributed by atoms with Gasteiger partial charge in [0.25, 0.3) is 6.47 Å². The minimum absolute atomic E-state index is 0.318. The Morgan fingerprint density at radius 3 is 2.07 bits per heavy atom. The molecule has 1 saturated heterocycles. The summed E-state index contributed by atoms with van der Waals surface area (Å²) in [7, 11) is 0. The van der Waals surface area contributed by atoms with Gasteiger partial charge in [-0.05, 0) is 46.7 Å². The van der Waals surface area contributed by atoms with Crippen LogP contribution in [0.3, 0.4) is 0 Å². The first kappa shape index (κ1) is 13.9. The molecule has 0 bridgehead atoms. The zero-order valence-corrected chi connectivity index (χ0v) is 9.63. The lowest BCUT2D eigenvalue weighted by atomic mass is 10.1. The third kappa shape index (κ3) is 9.19. The van der Waals surface area contributed by atoms with Gasteiger partial charge in [0.05, 0.1) is 0 Å². The predicted molar refractivity (Wildman–Crippen MR) is 58.2 cm³/mol. The maximum Gasteiger partial charge on any atom is 0.293 e. The molecular weight excluding hydrogens is 194 g/mol. The topological polar surface area (TPSA) is 55.4 Å². The molecule has 1 N–H and O–H groups in total. The molecule has 0 amide bonds.